The second kappa shape index (κ2) is 7.62. The summed E-state index contributed by atoms with van der Waals surface area (Å²) < 4.78 is 0. The van der Waals surface area contributed by atoms with Crippen LogP contribution in [0.4, 0.5) is 0 Å². The normalized spacial score (nSPS) is 10.6. The van der Waals surface area contributed by atoms with Gasteiger partial charge in [0, 0.05) is 23.6 Å². The van der Waals surface area contributed by atoms with Gasteiger partial charge in [-0.1, -0.05) is 37.6 Å². The van der Waals surface area contributed by atoms with E-state index in [1.807, 2.05) is 24.3 Å². The van der Waals surface area contributed by atoms with Crippen LogP contribution in [0.15, 0.2) is 29.2 Å². The van der Waals surface area contributed by atoms with Gasteiger partial charge in [0.25, 0.3) is 0 Å². The smallest absolute Gasteiger partial charge is 0.220 e. The number of carbonyl (C=O) groups is 1. The monoisotopic (exact) mass is 271 g/mol. The number of amides is 1. The lowest BCUT2D eigenvalue weighted by molar-refractivity contribution is -0.120. The topological polar surface area (TPSA) is 29.1 Å². The minimum absolute atomic E-state index is 0.109. The molecule has 0 spiro atoms. The molecule has 0 saturated carbocycles. The van der Waals surface area contributed by atoms with Gasteiger partial charge < -0.3 is 5.32 Å². The van der Waals surface area contributed by atoms with Gasteiger partial charge in [0.1, 0.15) is 0 Å². The molecule has 17 heavy (non-hydrogen) atoms. The maximum Gasteiger partial charge on any atom is 0.220 e. The van der Waals surface area contributed by atoms with Crippen molar-refractivity contribution < 1.29 is 4.79 Å². The van der Waals surface area contributed by atoms with E-state index in [1.54, 1.807) is 11.8 Å². The quantitative estimate of drug-likeness (QED) is 0.801. The molecule has 1 N–H and O–H groups in total. The molecule has 0 bridgehead atoms. The lowest BCUT2D eigenvalue weighted by atomic mass is 10.2. The molecule has 0 atom stereocenters. The Hall–Kier alpha value is -0.670. The van der Waals surface area contributed by atoms with Crippen LogP contribution in [0, 0.1) is 5.92 Å². The number of nitrogens with one attached hydrogen (secondary N) is 1. The van der Waals surface area contributed by atoms with Crippen molar-refractivity contribution in [2.45, 2.75) is 25.2 Å². The third kappa shape index (κ3) is 5.99. The lowest BCUT2D eigenvalue weighted by Gasteiger charge is -2.07. The molecule has 1 rings (SSSR count). The summed E-state index contributed by atoms with van der Waals surface area (Å²) in [5, 5.41) is 3.65. The molecule has 0 saturated heterocycles. The molecule has 94 valence electrons. The molecule has 0 aromatic heterocycles. The van der Waals surface area contributed by atoms with E-state index >= 15 is 0 Å². The zero-order valence-electron chi connectivity index (χ0n) is 10.2. The van der Waals surface area contributed by atoms with E-state index in [0.29, 0.717) is 12.3 Å². The van der Waals surface area contributed by atoms with E-state index in [0.717, 1.165) is 22.2 Å². The van der Waals surface area contributed by atoms with Crippen molar-refractivity contribution in [3.05, 3.63) is 29.3 Å². The maximum atomic E-state index is 11.5. The summed E-state index contributed by atoms with van der Waals surface area (Å²) in [5.41, 5.74) is 0. The summed E-state index contributed by atoms with van der Waals surface area (Å²) in [5.74, 6) is 1.36. The summed E-state index contributed by atoms with van der Waals surface area (Å²) in [7, 11) is 0. The zero-order chi connectivity index (χ0) is 12.7. The van der Waals surface area contributed by atoms with Crippen molar-refractivity contribution in [1.29, 1.82) is 0 Å². The van der Waals surface area contributed by atoms with Crippen molar-refractivity contribution in [3.63, 3.8) is 0 Å². The Morgan fingerprint density at radius 3 is 2.76 bits per heavy atom. The van der Waals surface area contributed by atoms with Crippen LogP contribution in [0.2, 0.25) is 5.02 Å². The van der Waals surface area contributed by atoms with Crippen LogP contribution in [0.3, 0.4) is 0 Å². The van der Waals surface area contributed by atoms with Crippen LogP contribution in [-0.2, 0) is 4.79 Å². The third-order valence-electron chi connectivity index (χ3n) is 2.13. The molecule has 0 fully saturated rings. The highest BCUT2D eigenvalue weighted by molar-refractivity contribution is 7.99. The Morgan fingerprint density at radius 1 is 1.41 bits per heavy atom. The van der Waals surface area contributed by atoms with Crippen molar-refractivity contribution in [3.8, 4) is 0 Å². The fraction of sp³-hybridized carbons (Fsp3) is 0.462. The third-order valence-corrected chi connectivity index (χ3v) is 3.65. The minimum atomic E-state index is 0.109. The molecule has 0 aliphatic rings. The molecule has 2 nitrogen and oxygen atoms in total. The van der Waals surface area contributed by atoms with Crippen molar-refractivity contribution >= 4 is 29.3 Å². The van der Waals surface area contributed by atoms with Gasteiger partial charge in [0.15, 0.2) is 0 Å². The first-order valence-electron chi connectivity index (χ1n) is 5.73. The fourth-order valence-electron chi connectivity index (χ4n) is 1.22. The summed E-state index contributed by atoms with van der Waals surface area (Å²) in [6, 6.07) is 7.69. The van der Waals surface area contributed by atoms with Gasteiger partial charge in [-0.15, -0.1) is 11.8 Å². The van der Waals surface area contributed by atoms with Crippen LogP contribution in [-0.4, -0.2) is 18.2 Å². The summed E-state index contributed by atoms with van der Waals surface area (Å²) >= 11 is 7.64. The van der Waals surface area contributed by atoms with Gasteiger partial charge in [0.2, 0.25) is 5.91 Å². The Kier molecular flexibility index (Phi) is 6.45. The van der Waals surface area contributed by atoms with Crippen molar-refractivity contribution in [1.82, 2.24) is 5.32 Å². The Balaban J connectivity index is 2.24. The van der Waals surface area contributed by atoms with Gasteiger partial charge in [0.05, 0.1) is 5.02 Å². The largest absolute Gasteiger partial charge is 0.356 e. The fourth-order valence-corrected chi connectivity index (χ4v) is 2.41. The summed E-state index contributed by atoms with van der Waals surface area (Å²) in [6.45, 7) is 4.91. The maximum absolute atomic E-state index is 11.5. The average Bonchev–Trinajstić information content (AvgIpc) is 2.29. The first-order valence-corrected chi connectivity index (χ1v) is 7.10. The van der Waals surface area contributed by atoms with Gasteiger partial charge in [-0.05, 0) is 18.1 Å². The van der Waals surface area contributed by atoms with Gasteiger partial charge >= 0.3 is 0 Å². The van der Waals surface area contributed by atoms with Crippen LogP contribution in [0.25, 0.3) is 0 Å². The van der Waals surface area contributed by atoms with Gasteiger partial charge in [-0.3, -0.25) is 4.79 Å². The summed E-state index contributed by atoms with van der Waals surface area (Å²) in [6.07, 6.45) is 0.530. The average molecular weight is 272 g/mol. The molecule has 1 aromatic rings. The minimum Gasteiger partial charge on any atom is -0.356 e. The molecule has 0 radical (unpaired) electrons. The molecule has 0 heterocycles. The summed E-state index contributed by atoms with van der Waals surface area (Å²) in [4.78, 5) is 12.5. The standard InChI is InChI=1S/C13H18ClNOS/c1-10(2)9-15-13(16)7-8-17-12-6-4-3-5-11(12)14/h3-6,10H,7-9H2,1-2H3,(H,15,16). The second-order valence-electron chi connectivity index (χ2n) is 4.23. The number of halogens is 1. The Labute approximate surface area is 112 Å². The van der Waals surface area contributed by atoms with Crippen molar-refractivity contribution in [2.24, 2.45) is 5.92 Å². The highest BCUT2D eigenvalue weighted by atomic mass is 35.5. The van der Waals surface area contributed by atoms with Crippen LogP contribution < -0.4 is 5.32 Å². The molecule has 0 aliphatic heterocycles. The van der Waals surface area contributed by atoms with E-state index in [-0.39, 0.29) is 5.91 Å². The molecule has 4 heteroatoms. The number of benzene rings is 1. The molecule has 1 aromatic carbocycles. The number of carbonyl (C=O) groups excluding carboxylic acids is 1. The highest BCUT2D eigenvalue weighted by Gasteiger charge is 2.04. The van der Waals surface area contributed by atoms with E-state index in [1.165, 1.54) is 0 Å². The molecule has 1 amide bonds. The van der Waals surface area contributed by atoms with E-state index in [4.69, 9.17) is 11.6 Å². The number of rotatable bonds is 6. The van der Waals surface area contributed by atoms with Gasteiger partial charge in [-0.25, -0.2) is 0 Å². The van der Waals surface area contributed by atoms with Crippen molar-refractivity contribution in [2.75, 3.05) is 12.3 Å². The predicted molar refractivity (Wildman–Crippen MR) is 74.6 cm³/mol. The van der Waals surface area contributed by atoms with E-state index in [2.05, 4.69) is 19.2 Å². The van der Waals surface area contributed by atoms with Crippen LogP contribution >= 0.6 is 23.4 Å². The predicted octanol–water partition coefficient (Wildman–Crippen LogP) is 3.59. The first-order chi connectivity index (χ1) is 8.09. The number of thioether (sulfide) groups is 1. The number of hydrogen-bond donors (Lipinski definition) is 1. The second-order valence-corrected chi connectivity index (χ2v) is 5.77. The van der Waals surface area contributed by atoms with Crippen LogP contribution in [0.1, 0.15) is 20.3 Å². The number of hydrogen-bond acceptors (Lipinski definition) is 2. The van der Waals surface area contributed by atoms with E-state index < -0.39 is 0 Å². The van der Waals surface area contributed by atoms with Gasteiger partial charge in [-0.2, -0.15) is 0 Å². The zero-order valence-corrected chi connectivity index (χ0v) is 11.8. The molecular formula is C13H18ClNOS. The SMILES string of the molecule is CC(C)CNC(=O)CCSc1ccccc1Cl. The lowest BCUT2D eigenvalue weighted by Crippen LogP contribution is -2.27. The van der Waals surface area contributed by atoms with Crippen LogP contribution in [0.5, 0.6) is 0 Å². The Morgan fingerprint density at radius 2 is 2.12 bits per heavy atom. The molecule has 0 aliphatic carbocycles. The molecular weight excluding hydrogens is 254 g/mol. The highest BCUT2D eigenvalue weighted by Crippen LogP contribution is 2.26. The molecule has 0 unspecified atom stereocenters. The Bertz CT molecular complexity index is 368. The van der Waals surface area contributed by atoms with E-state index in [9.17, 15) is 4.79 Å². The first kappa shape index (κ1) is 14.4.